The van der Waals surface area contributed by atoms with Gasteiger partial charge in [-0.15, -0.1) is 0 Å². The van der Waals surface area contributed by atoms with Crippen molar-refractivity contribution < 1.29 is 14.6 Å². The molecule has 2 aromatic carbocycles. The fourth-order valence-electron chi connectivity index (χ4n) is 4.90. The molecule has 1 fully saturated rings. The third-order valence-corrected chi connectivity index (χ3v) is 7.82. The van der Waals surface area contributed by atoms with Crippen molar-refractivity contribution in [3.05, 3.63) is 70.5 Å². The minimum Gasteiger partial charge on any atom is -0.448 e. The second kappa shape index (κ2) is 8.54. The summed E-state index contributed by atoms with van der Waals surface area (Å²) in [5, 5.41) is 10.8. The molecular formula is C26H29N3O3S. The summed E-state index contributed by atoms with van der Waals surface area (Å²) < 4.78 is 10.4. The lowest BCUT2D eigenvalue weighted by molar-refractivity contribution is 0.0687. The van der Waals surface area contributed by atoms with Gasteiger partial charge in [0.15, 0.2) is 0 Å². The molecule has 33 heavy (non-hydrogen) atoms. The van der Waals surface area contributed by atoms with Crippen LogP contribution >= 0.6 is 11.5 Å². The van der Waals surface area contributed by atoms with Crippen LogP contribution in [0.5, 0.6) is 0 Å². The Balaban J connectivity index is 1.29. The number of carbonyl (C=O) groups is 1. The lowest BCUT2D eigenvalue weighted by Gasteiger charge is -2.36. The highest BCUT2D eigenvalue weighted by atomic mass is 32.1. The molecular weight excluding hydrogens is 434 g/mol. The second-order valence-corrected chi connectivity index (χ2v) is 10.3. The fourth-order valence-corrected chi connectivity index (χ4v) is 5.63. The molecule has 0 radical (unpaired) electrons. The number of amides is 1. The summed E-state index contributed by atoms with van der Waals surface area (Å²) >= 11 is 1.23. The van der Waals surface area contributed by atoms with E-state index in [1.807, 2.05) is 17.0 Å². The van der Waals surface area contributed by atoms with Gasteiger partial charge < -0.3 is 14.7 Å². The number of rotatable bonds is 4. The number of likely N-dealkylation sites (tertiary alicyclic amines) is 1. The van der Waals surface area contributed by atoms with Gasteiger partial charge in [-0.25, -0.2) is 9.78 Å². The van der Waals surface area contributed by atoms with E-state index in [1.54, 1.807) is 13.8 Å². The van der Waals surface area contributed by atoms with Gasteiger partial charge in [0.25, 0.3) is 0 Å². The molecule has 1 aliphatic heterocycles. The number of benzene rings is 2. The first kappa shape index (κ1) is 22.0. The first-order valence-electron chi connectivity index (χ1n) is 11.5. The Kier molecular flexibility index (Phi) is 5.70. The minimum atomic E-state index is -1.01. The highest BCUT2D eigenvalue weighted by molar-refractivity contribution is 7.05. The summed E-state index contributed by atoms with van der Waals surface area (Å²) in [5.41, 5.74) is 3.85. The average Bonchev–Trinajstić information content (AvgIpc) is 3.42. The van der Waals surface area contributed by atoms with Gasteiger partial charge in [-0.05, 0) is 67.4 Å². The van der Waals surface area contributed by atoms with Crippen LogP contribution in [0.2, 0.25) is 0 Å². The van der Waals surface area contributed by atoms with Gasteiger partial charge in [0.05, 0.1) is 0 Å². The van der Waals surface area contributed by atoms with Crippen molar-refractivity contribution in [2.24, 2.45) is 0 Å². The van der Waals surface area contributed by atoms with Crippen molar-refractivity contribution in [2.45, 2.75) is 57.1 Å². The van der Waals surface area contributed by atoms with E-state index in [1.165, 1.54) is 33.8 Å². The van der Waals surface area contributed by atoms with Gasteiger partial charge in [-0.3, -0.25) is 0 Å². The number of ether oxygens (including phenoxy) is 1. The second-order valence-electron chi connectivity index (χ2n) is 9.60. The van der Waals surface area contributed by atoms with Crippen molar-refractivity contribution in [2.75, 3.05) is 13.2 Å². The van der Waals surface area contributed by atoms with Crippen LogP contribution < -0.4 is 0 Å². The summed E-state index contributed by atoms with van der Waals surface area (Å²) in [5.74, 6) is 0.807. The number of carbonyl (C=O) groups excluding carboxylic acids is 1. The number of hydrogen-bond donors (Lipinski definition) is 1. The molecule has 1 aromatic heterocycles. The van der Waals surface area contributed by atoms with Crippen LogP contribution in [-0.4, -0.2) is 44.7 Å². The SMILES string of the molecule is C[C@@H]1CC[C@@H](c2nsc(C(C)(C)O)n2)CN1C(=O)OCC1c2ccccc2-c2ccccc21. The maximum atomic E-state index is 13.2. The molecule has 0 unspecified atom stereocenters. The molecule has 3 aromatic rings. The van der Waals surface area contributed by atoms with Gasteiger partial charge in [-0.2, -0.15) is 4.37 Å². The maximum Gasteiger partial charge on any atom is 0.410 e. The Morgan fingerprint density at radius 2 is 1.76 bits per heavy atom. The smallest absolute Gasteiger partial charge is 0.410 e. The van der Waals surface area contributed by atoms with Gasteiger partial charge in [0.1, 0.15) is 23.0 Å². The van der Waals surface area contributed by atoms with Crippen LogP contribution in [-0.2, 0) is 10.3 Å². The van der Waals surface area contributed by atoms with E-state index in [4.69, 9.17) is 4.74 Å². The number of hydrogen-bond acceptors (Lipinski definition) is 6. The van der Waals surface area contributed by atoms with Crippen LogP contribution in [0.15, 0.2) is 48.5 Å². The molecule has 1 amide bonds. The van der Waals surface area contributed by atoms with E-state index in [0.717, 1.165) is 12.8 Å². The zero-order chi connectivity index (χ0) is 23.2. The molecule has 6 nitrogen and oxygen atoms in total. The topological polar surface area (TPSA) is 75.6 Å². The highest BCUT2D eigenvalue weighted by Crippen LogP contribution is 2.44. The van der Waals surface area contributed by atoms with Gasteiger partial charge in [0, 0.05) is 24.4 Å². The summed E-state index contributed by atoms with van der Waals surface area (Å²) in [7, 11) is 0. The molecule has 2 aliphatic rings. The molecule has 5 rings (SSSR count). The van der Waals surface area contributed by atoms with Crippen LogP contribution in [0.25, 0.3) is 11.1 Å². The summed E-state index contributed by atoms with van der Waals surface area (Å²) in [4.78, 5) is 19.5. The van der Waals surface area contributed by atoms with Crippen LogP contribution in [0.1, 0.15) is 67.4 Å². The zero-order valence-electron chi connectivity index (χ0n) is 19.2. The normalized spacial score (nSPS) is 20.4. The summed E-state index contributed by atoms with van der Waals surface area (Å²) in [6.07, 6.45) is 1.49. The maximum absolute atomic E-state index is 13.2. The molecule has 1 N–H and O–H groups in total. The number of nitrogens with zero attached hydrogens (tertiary/aromatic N) is 3. The van der Waals surface area contributed by atoms with E-state index >= 15 is 0 Å². The minimum absolute atomic E-state index is 0.0480. The molecule has 7 heteroatoms. The predicted octanol–water partition coefficient (Wildman–Crippen LogP) is 5.28. The molecule has 0 bridgehead atoms. The van der Waals surface area contributed by atoms with Crippen molar-refractivity contribution >= 4 is 17.6 Å². The van der Waals surface area contributed by atoms with E-state index in [-0.39, 0.29) is 24.0 Å². The Morgan fingerprint density at radius 3 is 2.36 bits per heavy atom. The Hall–Kier alpha value is -2.77. The largest absolute Gasteiger partial charge is 0.448 e. The third kappa shape index (κ3) is 4.15. The third-order valence-electron chi connectivity index (χ3n) is 6.78. The number of piperidine rings is 1. The van der Waals surface area contributed by atoms with Crippen molar-refractivity contribution in [3.8, 4) is 11.1 Å². The number of fused-ring (bicyclic) bond motifs is 3. The standard InChI is InChI=1S/C26H29N3O3S/c1-16-12-13-17(23-27-24(33-28-23)26(2,3)31)14-29(16)25(30)32-15-22-20-10-6-4-8-18(20)19-9-5-7-11-21(19)22/h4-11,16-17,22,31H,12-15H2,1-3H3/t16-,17-/m1/s1. The lowest BCUT2D eigenvalue weighted by Crippen LogP contribution is -2.45. The Morgan fingerprint density at radius 1 is 1.12 bits per heavy atom. The van der Waals surface area contributed by atoms with Gasteiger partial charge in [0.2, 0.25) is 0 Å². The molecule has 172 valence electrons. The number of aromatic nitrogens is 2. The van der Waals surface area contributed by atoms with Crippen molar-refractivity contribution in [1.29, 1.82) is 0 Å². The molecule has 1 saturated heterocycles. The highest BCUT2D eigenvalue weighted by Gasteiger charge is 2.35. The quantitative estimate of drug-likeness (QED) is 0.570. The van der Waals surface area contributed by atoms with Gasteiger partial charge in [-0.1, -0.05) is 48.5 Å². The van der Waals surface area contributed by atoms with Crippen LogP contribution in [0, 0.1) is 0 Å². The van der Waals surface area contributed by atoms with E-state index < -0.39 is 5.60 Å². The van der Waals surface area contributed by atoms with E-state index in [2.05, 4.69) is 52.7 Å². The van der Waals surface area contributed by atoms with Crippen molar-refractivity contribution in [1.82, 2.24) is 14.3 Å². The summed E-state index contributed by atoms with van der Waals surface area (Å²) in [6, 6.07) is 16.8. The average molecular weight is 464 g/mol. The Bertz CT molecular complexity index is 1120. The zero-order valence-corrected chi connectivity index (χ0v) is 20.0. The van der Waals surface area contributed by atoms with Crippen molar-refractivity contribution in [3.63, 3.8) is 0 Å². The first-order valence-corrected chi connectivity index (χ1v) is 12.3. The predicted molar refractivity (Wildman–Crippen MR) is 128 cm³/mol. The molecule has 0 saturated carbocycles. The van der Waals surface area contributed by atoms with Gasteiger partial charge >= 0.3 is 6.09 Å². The molecule has 1 aliphatic carbocycles. The molecule has 2 heterocycles. The Labute approximate surface area is 198 Å². The summed E-state index contributed by atoms with van der Waals surface area (Å²) in [6.45, 7) is 6.33. The van der Waals surface area contributed by atoms with E-state index in [0.29, 0.717) is 24.0 Å². The van der Waals surface area contributed by atoms with Crippen LogP contribution in [0.4, 0.5) is 4.79 Å². The lowest BCUT2D eigenvalue weighted by atomic mass is 9.93. The number of aliphatic hydroxyl groups is 1. The monoisotopic (exact) mass is 463 g/mol. The van der Waals surface area contributed by atoms with Crippen LogP contribution in [0.3, 0.4) is 0 Å². The molecule has 0 spiro atoms. The van der Waals surface area contributed by atoms with E-state index in [9.17, 15) is 9.90 Å². The first-order chi connectivity index (χ1) is 15.8. The fraction of sp³-hybridized carbons (Fsp3) is 0.423. The molecule has 2 atom stereocenters.